The molecule has 1 heteroatoms. The molecule has 1 aliphatic carbocycles. The van der Waals surface area contributed by atoms with Gasteiger partial charge in [-0.15, -0.1) is 0 Å². The second-order valence-corrected chi connectivity index (χ2v) is 8.00. The Bertz CT molecular complexity index is 703. The molecule has 1 fully saturated rings. The highest BCUT2D eigenvalue weighted by Crippen LogP contribution is 2.60. The predicted molar refractivity (Wildman–Crippen MR) is 105 cm³/mol. The van der Waals surface area contributed by atoms with Crippen LogP contribution in [0, 0.1) is 19.3 Å². The first-order valence-corrected chi connectivity index (χ1v) is 9.26. The van der Waals surface area contributed by atoms with Gasteiger partial charge in [-0.1, -0.05) is 44.6 Å². The lowest BCUT2D eigenvalue weighted by atomic mass is 9.61. The maximum Gasteiger partial charge on any atom is 0.0517 e. The highest BCUT2D eigenvalue weighted by atomic mass is 15.3. The van der Waals surface area contributed by atoms with Gasteiger partial charge in [-0.3, -0.25) is 0 Å². The first-order chi connectivity index (χ1) is 11.4. The maximum absolute atomic E-state index is 4.18. The summed E-state index contributed by atoms with van der Waals surface area (Å²) >= 11 is 0. The van der Waals surface area contributed by atoms with Crippen molar-refractivity contribution in [1.82, 2.24) is 0 Å². The molecule has 2 atom stereocenters. The van der Waals surface area contributed by atoms with Gasteiger partial charge in [-0.25, -0.2) is 0 Å². The van der Waals surface area contributed by atoms with Crippen molar-refractivity contribution in [2.24, 2.45) is 5.41 Å². The van der Waals surface area contributed by atoms with Crippen LogP contribution >= 0.6 is 0 Å². The van der Waals surface area contributed by atoms with Crippen LogP contribution in [0.25, 0.3) is 0 Å². The fourth-order valence-electron chi connectivity index (χ4n) is 5.09. The molecule has 1 aromatic rings. The molecule has 2 unspecified atom stereocenters. The van der Waals surface area contributed by atoms with Gasteiger partial charge in [0.15, 0.2) is 0 Å². The van der Waals surface area contributed by atoms with Crippen LogP contribution in [0.1, 0.15) is 57.6 Å². The van der Waals surface area contributed by atoms with Gasteiger partial charge in [0, 0.05) is 16.8 Å². The second kappa shape index (κ2) is 5.95. The predicted octanol–water partition coefficient (Wildman–Crippen LogP) is 6.48. The first kappa shape index (κ1) is 17.1. The van der Waals surface area contributed by atoms with Crippen molar-refractivity contribution in [1.29, 1.82) is 0 Å². The number of benzene rings is 1. The summed E-state index contributed by atoms with van der Waals surface area (Å²) in [5.41, 5.74) is 7.02. The average molecular weight is 322 g/mol. The zero-order valence-electron chi connectivity index (χ0n) is 15.9. The zero-order valence-corrected chi connectivity index (χ0v) is 15.9. The summed E-state index contributed by atoms with van der Waals surface area (Å²) in [6.45, 7) is 15.6. The van der Waals surface area contributed by atoms with Gasteiger partial charge in [0.25, 0.3) is 0 Å². The molecule has 1 saturated carbocycles. The Kier molecular flexibility index (Phi) is 4.23. The van der Waals surface area contributed by atoms with Crippen LogP contribution in [0.5, 0.6) is 0 Å². The van der Waals surface area contributed by atoms with E-state index in [9.17, 15) is 0 Å². The Morgan fingerprint density at radius 3 is 2.25 bits per heavy atom. The van der Waals surface area contributed by atoms with E-state index in [1.165, 1.54) is 53.8 Å². The molecule has 1 nitrogen and oxygen atoms in total. The number of hydrogen-bond acceptors (Lipinski definition) is 1. The van der Waals surface area contributed by atoms with E-state index in [4.69, 9.17) is 0 Å². The van der Waals surface area contributed by atoms with E-state index in [0.29, 0.717) is 0 Å². The van der Waals surface area contributed by atoms with Crippen molar-refractivity contribution in [2.45, 2.75) is 65.8 Å². The minimum atomic E-state index is 0.115. The molecule has 24 heavy (non-hydrogen) atoms. The molecule has 1 heterocycles. The lowest BCUT2D eigenvalue weighted by molar-refractivity contribution is 0.153. The van der Waals surface area contributed by atoms with Crippen LogP contribution in [0.4, 0.5) is 5.69 Å². The van der Waals surface area contributed by atoms with Crippen molar-refractivity contribution < 1.29 is 0 Å². The van der Waals surface area contributed by atoms with Crippen molar-refractivity contribution in [3.05, 3.63) is 65.4 Å². The Hall–Kier alpha value is -1.76. The number of nitrogens with zero attached hydrogens (tertiary/aromatic N) is 1. The Morgan fingerprint density at radius 2 is 1.67 bits per heavy atom. The third-order valence-corrected chi connectivity index (χ3v) is 6.38. The van der Waals surface area contributed by atoms with Gasteiger partial charge < -0.3 is 4.90 Å². The molecule has 128 valence electrons. The van der Waals surface area contributed by atoms with Crippen molar-refractivity contribution >= 4 is 5.69 Å². The molecule has 0 aromatic heterocycles. The summed E-state index contributed by atoms with van der Waals surface area (Å²) in [6, 6.07) is 6.91. The molecule has 3 rings (SSSR count). The van der Waals surface area contributed by atoms with Crippen molar-refractivity contribution in [3.8, 4) is 0 Å². The van der Waals surface area contributed by atoms with E-state index in [1.54, 1.807) is 0 Å². The number of aryl methyl sites for hydroxylation is 2. The molecule has 0 saturated heterocycles. The molecule has 0 spiro atoms. The SMILES string of the molecule is C=CC1=C(/C=C\C)C2(C)CCCCC2(C)N1c1cc(C)cc(C)c1. The minimum Gasteiger partial charge on any atom is -0.334 e. The average Bonchev–Trinajstić information content (AvgIpc) is 2.71. The topological polar surface area (TPSA) is 3.24 Å². The number of anilines is 1. The van der Waals surface area contributed by atoms with Crippen LogP contribution in [0.15, 0.2) is 54.3 Å². The number of allylic oxidation sites excluding steroid dienone is 3. The summed E-state index contributed by atoms with van der Waals surface area (Å²) < 4.78 is 0. The van der Waals surface area contributed by atoms with Crippen LogP contribution in [0.3, 0.4) is 0 Å². The molecule has 2 aliphatic rings. The quantitative estimate of drug-likeness (QED) is 0.616. The smallest absolute Gasteiger partial charge is 0.0517 e. The summed E-state index contributed by atoms with van der Waals surface area (Å²) in [5.74, 6) is 0. The molecule has 1 aromatic carbocycles. The van der Waals surface area contributed by atoms with Crippen LogP contribution in [-0.4, -0.2) is 5.54 Å². The van der Waals surface area contributed by atoms with Gasteiger partial charge in [-0.05, 0) is 75.4 Å². The third kappa shape index (κ3) is 2.29. The van der Waals surface area contributed by atoms with Crippen LogP contribution in [-0.2, 0) is 0 Å². The van der Waals surface area contributed by atoms with E-state index in [-0.39, 0.29) is 11.0 Å². The molecular weight excluding hydrogens is 290 g/mol. The first-order valence-electron chi connectivity index (χ1n) is 9.26. The highest BCUT2D eigenvalue weighted by molar-refractivity contribution is 5.67. The van der Waals surface area contributed by atoms with Gasteiger partial charge in [-0.2, -0.15) is 0 Å². The van der Waals surface area contributed by atoms with Crippen LogP contribution < -0.4 is 4.90 Å². The maximum atomic E-state index is 4.18. The largest absolute Gasteiger partial charge is 0.334 e. The van der Waals surface area contributed by atoms with Crippen molar-refractivity contribution in [3.63, 3.8) is 0 Å². The number of hydrogen-bond donors (Lipinski definition) is 0. The molecule has 0 bridgehead atoms. The summed E-state index contributed by atoms with van der Waals surface area (Å²) in [7, 11) is 0. The Labute approximate surface area is 147 Å². The van der Waals surface area contributed by atoms with Gasteiger partial charge in [0.1, 0.15) is 0 Å². The lowest BCUT2D eigenvalue weighted by Gasteiger charge is -2.51. The lowest BCUT2D eigenvalue weighted by Crippen LogP contribution is -2.54. The van der Waals surface area contributed by atoms with E-state index < -0.39 is 0 Å². The van der Waals surface area contributed by atoms with Gasteiger partial charge in [0.2, 0.25) is 0 Å². The van der Waals surface area contributed by atoms with E-state index in [0.717, 1.165) is 0 Å². The van der Waals surface area contributed by atoms with Crippen LogP contribution in [0.2, 0.25) is 0 Å². The van der Waals surface area contributed by atoms with E-state index >= 15 is 0 Å². The normalized spacial score (nSPS) is 30.1. The highest BCUT2D eigenvalue weighted by Gasteiger charge is 2.57. The summed E-state index contributed by atoms with van der Waals surface area (Å²) in [5, 5.41) is 0. The summed E-state index contributed by atoms with van der Waals surface area (Å²) in [6.07, 6.45) is 11.7. The minimum absolute atomic E-state index is 0.115. The summed E-state index contributed by atoms with van der Waals surface area (Å²) in [4.78, 5) is 2.59. The second-order valence-electron chi connectivity index (χ2n) is 8.00. The van der Waals surface area contributed by atoms with Gasteiger partial charge in [0.05, 0.1) is 5.54 Å². The van der Waals surface area contributed by atoms with E-state index in [1.807, 2.05) is 0 Å². The third-order valence-electron chi connectivity index (χ3n) is 6.38. The molecular formula is C23H31N. The standard InChI is InChI=1S/C23H31N/c1-7-11-20-21(8-2)24(19-15-17(3)14-18(4)16-19)23(6)13-10-9-12-22(20,23)5/h7-8,11,14-16H,2,9-10,12-13H2,1,3-6H3/b11-7-. The molecule has 0 radical (unpaired) electrons. The fraction of sp³-hybridized carbons (Fsp3) is 0.478. The number of rotatable bonds is 3. The Balaban J connectivity index is 2.27. The molecule has 0 N–H and O–H groups in total. The fourth-order valence-corrected chi connectivity index (χ4v) is 5.09. The Morgan fingerprint density at radius 1 is 1.04 bits per heavy atom. The monoisotopic (exact) mass is 321 g/mol. The van der Waals surface area contributed by atoms with Crippen molar-refractivity contribution in [2.75, 3.05) is 4.90 Å². The molecule has 0 amide bonds. The molecule has 1 aliphatic heterocycles. The van der Waals surface area contributed by atoms with E-state index in [2.05, 4.69) is 82.5 Å². The number of fused-ring (bicyclic) bond motifs is 1. The van der Waals surface area contributed by atoms with Gasteiger partial charge >= 0.3 is 0 Å². The zero-order chi connectivity index (χ0) is 17.5.